The van der Waals surface area contributed by atoms with Crippen LogP contribution in [-0.4, -0.2) is 37.6 Å². The molecule has 0 radical (unpaired) electrons. The third-order valence-corrected chi connectivity index (χ3v) is 1.62. The Bertz CT molecular complexity index is 136. The topological polar surface area (TPSA) is 58.4 Å². The third-order valence-electron chi connectivity index (χ3n) is 1.62. The minimum atomic E-state index is -0.0421. The highest BCUT2D eigenvalue weighted by Crippen LogP contribution is 1.94. The first-order valence-electron chi connectivity index (χ1n) is 4.25. The summed E-state index contributed by atoms with van der Waals surface area (Å²) >= 11 is 0. The zero-order valence-corrected chi connectivity index (χ0v) is 8.13. The molecule has 4 nitrogen and oxygen atoms in total. The fraction of sp³-hybridized carbons (Fsp3) is 0.875. The maximum Gasteiger partial charge on any atom is 0.317 e. The highest BCUT2D eigenvalue weighted by Gasteiger charge is 2.07. The van der Waals surface area contributed by atoms with E-state index in [1.165, 1.54) is 4.90 Å². The van der Waals surface area contributed by atoms with E-state index in [1.54, 1.807) is 14.1 Å². The number of nitrogens with zero attached hydrogens (tertiary/aromatic N) is 1. The van der Waals surface area contributed by atoms with Crippen molar-refractivity contribution < 1.29 is 4.79 Å². The molecule has 4 heteroatoms. The standard InChI is InChI=1S/C8H19N3O/c1-7(5-4-6-9)10-8(12)11(2)3/h7H,4-6,9H2,1-3H3,(H,10,12). The molecule has 0 saturated carbocycles. The smallest absolute Gasteiger partial charge is 0.317 e. The molecule has 0 aromatic rings. The van der Waals surface area contributed by atoms with Crippen molar-refractivity contribution in [3.63, 3.8) is 0 Å². The molecular formula is C8H19N3O. The Hall–Kier alpha value is -0.770. The Kier molecular flexibility index (Phi) is 5.45. The zero-order chi connectivity index (χ0) is 9.56. The summed E-state index contributed by atoms with van der Waals surface area (Å²) in [6.45, 7) is 2.67. The molecule has 0 aliphatic heterocycles. The van der Waals surface area contributed by atoms with Gasteiger partial charge >= 0.3 is 6.03 Å². The van der Waals surface area contributed by atoms with Crippen LogP contribution < -0.4 is 11.1 Å². The summed E-state index contributed by atoms with van der Waals surface area (Å²) in [6.07, 6.45) is 1.89. The van der Waals surface area contributed by atoms with Crippen LogP contribution in [0.1, 0.15) is 19.8 Å². The van der Waals surface area contributed by atoms with Gasteiger partial charge in [0.05, 0.1) is 0 Å². The van der Waals surface area contributed by atoms with Crippen LogP contribution in [0.2, 0.25) is 0 Å². The van der Waals surface area contributed by atoms with Crippen molar-refractivity contribution >= 4 is 6.03 Å². The number of hydrogen-bond donors (Lipinski definition) is 2. The van der Waals surface area contributed by atoms with E-state index in [4.69, 9.17) is 5.73 Å². The lowest BCUT2D eigenvalue weighted by molar-refractivity contribution is 0.213. The van der Waals surface area contributed by atoms with E-state index >= 15 is 0 Å². The van der Waals surface area contributed by atoms with E-state index in [1.807, 2.05) is 6.92 Å². The normalized spacial score (nSPS) is 12.3. The van der Waals surface area contributed by atoms with Gasteiger partial charge in [-0.3, -0.25) is 0 Å². The molecule has 0 aliphatic rings. The summed E-state index contributed by atoms with van der Waals surface area (Å²) in [6, 6.07) is 0.169. The van der Waals surface area contributed by atoms with E-state index in [9.17, 15) is 4.79 Å². The van der Waals surface area contributed by atoms with Crippen LogP contribution in [-0.2, 0) is 0 Å². The van der Waals surface area contributed by atoms with Gasteiger partial charge in [0, 0.05) is 20.1 Å². The van der Waals surface area contributed by atoms with Gasteiger partial charge in [-0.05, 0) is 26.3 Å². The van der Waals surface area contributed by atoms with Gasteiger partial charge in [0.2, 0.25) is 0 Å². The molecule has 0 bridgehead atoms. The fourth-order valence-corrected chi connectivity index (χ4v) is 0.836. The first-order chi connectivity index (χ1) is 5.57. The lowest BCUT2D eigenvalue weighted by Gasteiger charge is -2.17. The quantitative estimate of drug-likeness (QED) is 0.646. The van der Waals surface area contributed by atoms with Crippen LogP contribution >= 0.6 is 0 Å². The van der Waals surface area contributed by atoms with Crippen LogP contribution in [0.15, 0.2) is 0 Å². The molecule has 72 valence electrons. The molecule has 0 aromatic carbocycles. The van der Waals surface area contributed by atoms with Crippen molar-refractivity contribution in [2.45, 2.75) is 25.8 Å². The molecule has 0 spiro atoms. The number of nitrogens with one attached hydrogen (secondary N) is 1. The second kappa shape index (κ2) is 5.83. The van der Waals surface area contributed by atoms with Gasteiger partial charge in [-0.1, -0.05) is 0 Å². The van der Waals surface area contributed by atoms with Gasteiger partial charge in [0.15, 0.2) is 0 Å². The van der Waals surface area contributed by atoms with Gasteiger partial charge in [0.1, 0.15) is 0 Å². The molecule has 3 N–H and O–H groups in total. The molecule has 0 saturated heterocycles. The maximum atomic E-state index is 11.1. The molecule has 0 heterocycles. The van der Waals surface area contributed by atoms with E-state index in [0.717, 1.165) is 12.8 Å². The van der Waals surface area contributed by atoms with Crippen LogP contribution in [0.4, 0.5) is 4.79 Å². The number of carbonyl (C=O) groups is 1. The van der Waals surface area contributed by atoms with Crippen molar-refractivity contribution in [2.24, 2.45) is 5.73 Å². The van der Waals surface area contributed by atoms with Gasteiger partial charge in [0.25, 0.3) is 0 Å². The first-order valence-corrected chi connectivity index (χ1v) is 4.25. The third kappa shape index (κ3) is 4.96. The molecular weight excluding hydrogens is 154 g/mol. The largest absolute Gasteiger partial charge is 0.336 e. The predicted octanol–water partition coefficient (Wildman–Crippen LogP) is 0.385. The minimum Gasteiger partial charge on any atom is -0.336 e. The monoisotopic (exact) mass is 173 g/mol. The molecule has 1 atom stereocenters. The fourth-order valence-electron chi connectivity index (χ4n) is 0.836. The van der Waals surface area contributed by atoms with Crippen LogP contribution in [0.5, 0.6) is 0 Å². The first kappa shape index (κ1) is 11.2. The van der Waals surface area contributed by atoms with Gasteiger partial charge in [-0.15, -0.1) is 0 Å². The van der Waals surface area contributed by atoms with E-state index < -0.39 is 0 Å². The summed E-state index contributed by atoms with van der Waals surface area (Å²) in [7, 11) is 3.45. The number of hydrogen-bond acceptors (Lipinski definition) is 2. The average Bonchev–Trinajstić information content (AvgIpc) is 2.00. The highest BCUT2D eigenvalue weighted by molar-refractivity contribution is 5.73. The highest BCUT2D eigenvalue weighted by atomic mass is 16.2. The number of amides is 2. The van der Waals surface area contributed by atoms with Crippen molar-refractivity contribution in [1.82, 2.24) is 10.2 Å². The molecule has 0 aromatic heterocycles. The molecule has 0 aliphatic carbocycles. The second-order valence-corrected chi connectivity index (χ2v) is 3.18. The number of nitrogens with two attached hydrogens (primary N) is 1. The maximum absolute atomic E-state index is 11.1. The van der Waals surface area contributed by atoms with Crippen molar-refractivity contribution in [3.8, 4) is 0 Å². The van der Waals surface area contributed by atoms with Crippen LogP contribution in [0, 0.1) is 0 Å². The second-order valence-electron chi connectivity index (χ2n) is 3.18. The summed E-state index contributed by atoms with van der Waals surface area (Å²) in [4.78, 5) is 12.6. The van der Waals surface area contributed by atoms with Crippen molar-refractivity contribution in [3.05, 3.63) is 0 Å². The Morgan fingerprint density at radius 3 is 2.58 bits per heavy atom. The van der Waals surface area contributed by atoms with Gasteiger partial charge in [-0.25, -0.2) is 4.79 Å². The zero-order valence-electron chi connectivity index (χ0n) is 8.13. The predicted molar refractivity (Wildman–Crippen MR) is 50.0 cm³/mol. The summed E-state index contributed by atoms with van der Waals surface area (Å²) in [5, 5.41) is 2.85. The van der Waals surface area contributed by atoms with E-state index in [0.29, 0.717) is 6.54 Å². The van der Waals surface area contributed by atoms with Crippen LogP contribution in [0.25, 0.3) is 0 Å². The molecule has 2 amide bonds. The van der Waals surface area contributed by atoms with Crippen LogP contribution in [0.3, 0.4) is 0 Å². The van der Waals surface area contributed by atoms with Crippen molar-refractivity contribution in [1.29, 1.82) is 0 Å². The molecule has 1 unspecified atom stereocenters. The Morgan fingerprint density at radius 2 is 2.17 bits per heavy atom. The number of rotatable bonds is 4. The summed E-state index contributed by atoms with van der Waals surface area (Å²) in [5.41, 5.74) is 5.34. The van der Waals surface area contributed by atoms with Gasteiger partial charge < -0.3 is 16.0 Å². The number of carbonyl (C=O) groups excluding carboxylic acids is 1. The van der Waals surface area contributed by atoms with Crippen molar-refractivity contribution in [2.75, 3.05) is 20.6 Å². The lowest BCUT2D eigenvalue weighted by atomic mass is 10.2. The molecule has 12 heavy (non-hydrogen) atoms. The van der Waals surface area contributed by atoms with E-state index in [2.05, 4.69) is 5.32 Å². The molecule has 0 fully saturated rings. The van der Waals surface area contributed by atoms with E-state index in [-0.39, 0.29) is 12.1 Å². The number of urea groups is 1. The Balaban J connectivity index is 3.54. The Morgan fingerprint density at radius 1 is 1.58 bits per heavy atom. The van der Waals surface area contributed by atoms with Gasteiger partial charge in [-0.2, -0.15) is 0 Å². The lowest BCUT2D eigenvalue weighted by Crippen LogP contribution is -2.40. The SMILES string of the molecule is CC(CCCN)NC(=O)N(C)C. The summed E-state index contributed by atoms with van der Waals surface area (Å²) in [5.74, 6) is 0. The molecule has 0 rings (SSSR count). The minimum absolute atomic E-state index is 0.0421. The summed E-state index contributed by atoms with van der Waals surface area (Å²) < 4.78 is 0. The average molecular weight is 173 g/mol. The Labute approximate surface area is 74.1 Å².